The van der Waals surface area contributed by atoms with Gasteiger partial charge in [0.25, 0.3) is 0 Å². The first-order chi connectivity index (χ1) is 8.47. The lowest BCUT2D eigenvalue weighted by Crippen LogP contribution is -2.27. The third kappa shape index (κ3) is 4.33. The van der Waals surface area contributed by atoms with E-state index in [1.165, 1.54) is 18.5 Å². The molecule has 0 aliphatic rings. The van der Waals surface area contributed by atoms with Gasteiger partial charge in [-0.3, -0.25) is 15.0 Å². The second-order valence-electron chi connectivity index (χ2n) is 3.54. The minimum atomic E-state index is -3.65. The first-order valence-electron chi connectivity index (χ1n) is 5.17. The van der Waals surface area contributed by atoms with Crippen LogP contribution in [-0.4, -0.2) is 36.2 Å². The van der Waals surface area contributed by atoms with Crippen LogP contribution in [0.25, 0.3) is 0 Å². The number of rotatable bonds is 7. The predicted octanol–water partition coefficient (Wildman–Crippen LogP) is -0.586. The first kappa shape index (κ1) is 15.0. The second-order valence-corrected chi connectivity index (χ2v) is 6.83. The summed E-state index contributed by atoms with van der Waals surface area (Å²) in [5.74, 6) is 5.69. The zero-order valence-electron chi connectivity index (χ0n) is 9.92. The topological polar surface area (TPSA) is 114 Å². The number of nitrogen functional groups attached to an aromatic ring is 1. The van der Waals surface area contributed by atoms with E-state index in [2.05, 4.69) is 15.1 Å². The van der Waals surface area contributed by atoms with Crippen molar-refractivity contribution in [2.24, 2.45) is 5.84 Å². The summed E-state index contributed by atoms with van der Waals surface area (Å²) in [6.07, 6.45) is 4.74. The van der Waals surface area contributed by atoms with Crippen molar-refractivity contribution in [1.29, 1.82) is 0 Å². The highest BCUT2D eigenvalue weighted by molar-refractivity contribution is 7.89. The molecule has 102 valence electrons. The Hall–Kier alpha value is -1.03. The Labute approximate surface area is 109 Å². The lowest BCUT2D eigenvalue weighted by atomic mass is 10.4. The van der Waals surface area contributed by atoms with Gasteiger partial charge in [0.1, 0.15) is 4.90 Å². The average molecular weight is 292 g/mol. The molecule has 0 aromatic carbocycles. The summed E-state index contributed by atoms with van der Waals surface area (Å²) in [6, 6.07) is 1.47. The summed E-state index contributed by atoms with van der Waals surface area (Å²) in [5, 5.41) is 0. The first-order valence-corrected chi connectivity index (χ1v) is 8.38. The van der Waals surface area contributed by atoms with Gasteiger partial charge in [-0.15, -0.1) is 0 Å². The Morgan fingerprint density at radius 2 is 2.22 bits per heavy atom. The number of sulfonamides is 1. The fraction of sp³-hybridized carbons (Fsp3) is 0.444. The lowest BCUT2D eigenvalue weighted by molar-refractivity contribution is 0.580. The van der Waals surface area contributed by atoms with Gasteiger partial charge in [-0.2, -0.15) is 0 Å². The maximum Gasteiger partial charge on any atom is 0.244 e. The van der Waals surface area contributed by atoms with Gasteiger partial charge in [0.15, 0.2) is 0 Å². The Morgan fingerprint density at radius 3 is 2.83 bits per heavy atom. The van der Waals surface area contributed by atoms with Crippen LogP contribution in [0.2, 0.25) is 0 Å². The molecule has 0 bridgehead atoms. The second kappa shape index (κ2) is 6.78. The molecule has 0 saturated heterocycles. The van der Waals surface area contributed by atoms with E-state index >= 15 is 0 Å². The smallest absolute Gasteiger partial charge is 0.244 e. The zero-order chi connectivity index (χ0) is 13.6. The molecule has 18 heavy (non-hydrogen) atoms. The molecule has 1 atom stereocenters. The van der Waals surface area contributed by atoms with Gasteiger partial charge in [-0.1, -0.05) is 0 Å². The number of hydrogen-bond acceptors (Lipinski definition) is 6. The molecule has 0 aliphatic heterocycles. The number of pyridine rings is 1. The summed E-state index contributed by atoms with van der Waals surface area (Å²) >= 11 is 0. The minimum Gasteiger partial charge on any atom is -0.323 e. The molecule has 0 fully saturated rings. The van der Waals surface area contributed by atoms with Gasteiger partial charge in [0, 0.05) is 41.7 Å². The fourth-order valence-electron chi connectivity index (χ4n) is 1.27. The molecular formula is C9H16N4O3S2. The Kier molecular flexibility index (Phi) is 5.66. The summed E-state index contributed by atoms with van der Waals surface area (Å²) in [7, 11) is -4.58. The molecule has 0 saturated carbocycles. The van der Waals surface area contributed by atoms with Gasteiger partial charge in [0.2, 0.25) is 10.0 Å². The van der Waals surface area contributed by atoms with Crippen molar-refractivity contribution in [2.45, 2.75) is 11.3 Å². The molecule has 7 nitrogen and oxygen atoms in total. The molecule has 0 radical (unpaired) electrons. The third-order valence-corrected chi connectivity index (χ3v) is 4.48. The van der Waals surface area contributed by atoms with Gasteiger partial charge in [-0.25, -0.2) is 13.1 Å². The molecule has 1 heterocycles. The highest BCUT2D eigenvalue weighted by atomic mass is 32.2. The number of anilines is 1. The number of nitrogens with zero attached hydrogens (tertiary/aromatic N) is 1. The van der Waals surface area contributed by atoms with Crippen molar-refractivity contribution < 1.29 is 12.6 Å². The maximum atomic E-state index is 11.9. The molecule has 0 spiro atoms. The standard InChI is InChI=1S/C9H16N4O3S2/c1-17(14)6-2-4-12-18(15,16)9-7-11-5-3-8(9)13-10/h3,5,7,12H,2,4,6,10H2,1H3,(H,11,13). The molecule has 0 aliphatic carbocycles. The normalized spacial score (nSPS) is 13.2. The van der Waals surface area contributed by atoms with E-state index in [1.54, 1.807) is 6.26 Å². The van der Waals surface area contributed by atoms with Crippen LogP contribution in [0.5, 0.6) is 0 Å². The third-order valence-electron chi connectivity index (χ3n) is 2.13. The monoisotopic (exact) mass is 292 g/mol. The molecule has 1 aromatic heterocycles. The van der Waals surface area contributed by atoms with Gasteiger partial charge < -0.3 is 5.43 Å². The largest absolute Gasteiger partial charge is 0.323 e. The Balaban J connectivity index is 2.71. The molecule has 1 rings (SSSR count). The van der Waals surface area contributed by atoms with Crippen molar-refractivity contribution in [2.75, 3.05) is 24.0 Å². The van der Waals surface area contributed by atoms with E-state index in [0.717, 1.165) is 0 Å². The van der Waals surface area contributed by atoms with E-state index in [0.29, 0.717) is 12.2 Å². The minimum absolute atomic E-state index is 0.00915. The lowest BCUT2D eigenvalue weighted by Gasteiger charge is -2.09. The van der Waals surface area contributed by atoms with Crippen LogP contribution in [-0.2, 0) is 20.8 Å². The number of hydrogen-bond donors (Lipinski definition) is 3. The summed E-state index contributed by atoms with van der Waals surface area (Å²) in [6.45, 7) is 0.223. The van der Waals surface area contributed by atoms with Crippen molar-refractivity contribution in [1.82, 2.24) is 9.71 Å². The highest BCUT2D eigenvalue weighted by Gasteiger charge is 2.17. The van der Waals surface area contributed by atoms with Crippen LogP contribution >= 0.6 is 0 Å². The van der Waals surface area contributed by atoms with Crippen LogP contribution in [0.1, 0.15) is 6.42 Å². The van der Waals surface area contributed by atoms with Gasteiger partial charge in [0.05, 0.1) is 5.69 Å². The van der Waals surface area contributed by atoms with E-state index in [4.69, 9.17) is 5.84 Å². The fourth-order valence-corrected chi connectivity index (χ4v) is 3.01. The Morgan fingerprint density at radius 1 is 1.50 bits per heavy atom. The number of nitrogens with two attached hydrogens (primary N) is 1. The van der Waals surface area contributed by atoms with E-state index in [1.807, 2.05) is 0 Å². The summed E-state index contributed by atoms with van der Waals surface area (Å²) in [4.78, 5) is 3.74. The van der Waals surface area contributed by atoms with E-state index in [-0.39, 0.29) is 17.1 Å². The van der Waals surface area contributed by atoms with E-state index in [9.17, 15) is 12.6 Å². The van der Waals surface area contributed by atoms with Crippen molar-refractivity contribution in [3.8, 4) is 0 Å². The molecule has 1 unspecified atom stereocenters. The summed E-state index contributed by atoms with van der Waals surface area (Å²) < 4.78 is 37.1. The van der Waals surface area contributed by atoms with Crippen LogP contribution < -0.4 is 16.0 Å². The zero-order valence-corrected chi connectivity index (χ0v) is 11.6. The summed E-state index contributed by atoms with van der Waals surface area (Å²) in [5.41, 5.74) is 2.58. The number of hydrazine groups is 1. The quantitative estimate of drug-likeness (QED) is 0.352. The maximum absolute atomic E-state index is 11.9. The van der Waals surface area contributed by atoms with Crippen LogP contribution in [0.15, 0.2) is 23.4 Å². The van der Waals surface area contributed by atoms with Gasteiger partial charge in [-0.05, 0) is 12.5 Å². The number of nitrogens with one attached hydrogen (secondary N) is 2. The predicted molar refractivity (Wildman–Crippen MR) is 70.8 cm³/mol. The Bertz CT molecular complexity index is 518. The van der Waals surface area contributed by atoms with Crippen molar-refractivity contribution >= 4 is 26.5 Å². The molecule has 9 heteroatoms. The molecule has 0 amide bonds. The van der Waals surface area contributed by atoms with Gasteiger partial charge >= 0.3 is 0 Å². The van der Waals surface area contributed by atoms with Crippen molar-refractivity contribution in [3.05, 3.63) is 18.5 Å². The highest BCUT2D eigenvalue weighted by Crippen LogP contribution is 2.17. The van der Waals surface area contributed by atoms with Crippen LogP contribution in [0.3, 0.4) is 0 Å². The molecular weight excluding hydrogens is 276 g/mol. The molecule has 4 N–H and O–H groups in total. The van der Waals surface area contributed by atoms with E-state index < -0.39 is 20.8 Å². The van der Waals surface area contributed by atoms with Crippen LogP contribution in [0.4, 0.5) is 5.69 Å². The van der Waals surface area contributed by atoms with Crippen LogP contribution in [0, 0.1) is 0 Å². The SMILES string of the molecule is CS(=O)CCCNS(=O)(=O)c1cnccc1NN. The average Bonchev–Trinajstić information content (AvgIpc) is 2.34. The molecule has 1 aromatic rings. The van der Waals surface area contributed by atoms with Crippen molar-refractivity contribution in [3.63, 3.8) is 0 Å². The number of aromatic nitrogens is 1.